The molecule has 2 aromatic rings. The van der Waals surface area contributed by atoms with Crippen molar-refractivity contribution in [1.82, 2.24) is 9.36 Å². The summed E-state index contributed by atoms with van der Waals surface area (Å²) in [6.45, 7) is 6.42. The van der Waals surface area contributed by atoms with Crippen LogP contribution >= 0.6 is 11.5 Å². The molecule has 1 aromatic carbocycles. The van der Waals surface area contributed by atoms with E-state index in [9.17, 15) is 0 Å². The highest BCUT2D eigenvalue weighted by atomic mass is 32.1. The Morgan fingerprint density at radius 3 is 2.37 bits per heavy atom. The highest BCUT2D eigenvalue weighted by Crippen LogP contribution is 2.33. The number of hydrogen-bond donors (Lipinski definition) is 1. The molecular weight excluding hydrogens is 254 g/mol. The van der Waals surface area contributed by atoms with E-state index in [-0.39, 0.29) is 5.54 Å². The topological polar surface area (TPSA) is 37.8 Å². The van der Waals surface area contributed by atoms with Gasteiger partial charge in [-0.3, -0.25) is 0 Å². The smallest absolute Gasteiger partial charge is 0.202 e. The minimum atomic E-state index is 0.0371. The summed E-state index contributed by atoms with van der Waals surface area (Å²) in [5.74, 6) is 1.44. The van der Waals surface area contributed by atoms with Gasteiger partial charge in [0.05, 0.1) is 0 Å². The van der Waals surface area contributed by atoms with Crippen LogP contribution in [0.4, 0.5) is 5.13 Å². The van der Waals surface area contributed by atoms with E-state index in [2.05, 4.69) is 59.7 Å². The van der Waals surface area contributed by atoms with Gasteiger partial charge >= 0.3 is 0 Å². The van der Waals surface area contributed by atoms with Crippen LogP contribution in [0.5, 0.6) is 0 Å². The van der Waals surface area contributed by atoms with Crippen molar-refractivity contribution in [3.63, 3.8) is 0 Å². The van der Waals surface area contributed by atoms with Crippen molar-refractivity contribution in [3.8, 4) is 0 Å². The van der Waals surface area contributed by atoms with E-state index in [1.54, 1.807) is 0 Å². The maximum absolute atomic E-state index is 4.66. The van der Waals surface area contributed by atoms with Crippen LogP contribution in [0.25, 0.3) is 0 Å². The molecular formula is C15H19N3S. The van der Waals surface area contributed by atoms with Gasteiger partial charge in [0, 0.05) is 23.0 Å². The number of nitrogens with one attached hydrogen (secondary N) is 1. The second kappa shape index (κ2) is 4.60. The fourth-order valence-corrected chi connectivity index (χ4v) is 3.37. The minimum absolute atomic E-state index is 0.0371. The fourth-order valence-electron chi connectivity index (χ4n) is 2.51. The summed E-state index contributed by atoms with van der Waals surface area (Å²) in [6, 6.07) is 8.66. The van der Waals surface area contributed by atoms with E-state index in [4.69, 9.17) is 0 Å². The summed E-state index contributed by atoms with van der Waals surface area (Å²) in [5, 5.41) is 4.32. The van der Waals surface area contributed by atoms with Gasteiger partial charge in [-0.05, 0) is 44.7 Å². The molecule has 3 nitrogen and oxygen atoms in total. The molecule has 0 fully saturated rings. The molecule has 1 heterocycles. The number of benzene rings is 1. The molecule has 0 atom stereocenters. The second-order valence-corrected chi connectivity index (χ2v) is 6.96. The van der Waals surface area contributed by atoms with Gasteiger partial charge in [0.1, 0.15) is 5.82 Å². The number of aromatic nitrogens is 2. The van der Waals surface area contributed by atoms with Crippen LogP contribution < -0.4 is 5.32 Å². The lowest BCUT2D eigenvalue weighted by Gasteiger charge is -2.18. The maximum atomic E-state index is 4.66. The number of hydrogen-bond acceptors (Lipinski definition) is 4. The monoisotopic (exact) mass is 273 g/mol. The molecule has 4 heteroatoms. The minimum Gasteiger partial charge on any atom is -0.356 e. The molecule has 1 aromatic heterocycles. The normalized spacial score (nSPS) is 15.5. The molecule has 0 unspecified atom stereocenters. The van der Waals surface area contributed by atoms with E-state index in [1.165, 1.54) is 22.7 Å². The van der Waals surface area contributed by atoms with Crippen LogP contribution in [0, 0.1) is 0 Å². The predicted octanol–water partition coefficient (Wildman–Crippen LogP) is 3.63. The van der Waals surface area contributed by atoms with E-state index in [0.29, 0.717) is 5.92 Å². The quantitative estimate of drug-likeness (QED) is 0.908. The standard InChI is InChI=1S/C15H19N3S/c1-15(2,3)17-14-16-13(18-19-14)12-8-10-6-4-5-7-11(10)9-12/h4-7,12H,8-9H2,1-3H3,(H,16,17,18). The lowest BCUT2D eigenvalue weighted by atomic mass is 10.1. The first kappa shape index (κ1) is 12.6. The molecule has 0 spiro atoms. The molecule has 0 saturated heterocycles. The molecule has 0 aliphatic heterocycles. The third-order valence-electron chi connectivity index (χ3n) is 3.34. The molecule has 19 heavy (non-hydrogen) atoms. The van der Waals surface area contributed by atoms with Crippen LogP contribution in [-0.4, -0.2) is 14.9 Å². The number of anilines is 1. The molecule has 0 saturated carbocycles. The first-order chi connectivity index (χ1) is 9.01. The van der Waals surface area contributed by atoms with Gasteiger partial charge in [-0.1, -0.05) is 24.3 Å². The first-order valence-corrected chi connectivity index (χ1v) is 7.47. The Morgan fingerprint density at radius 2 is 1.79 bits per heavy atom. The summed E-state index contributed by atoms with van der Waals surface area (Å²) < 4.78 is 4.53. The van der Waals surface area contributed by atoms with Crippen LogP contribution in [0.15, 0.2) is 24.3 Å². The van der Waals surface area contributed by atoms with E-state index < -0.39 is 0 Å². The lowest BCUT2D eigenvalue weighted by Crippen LogP contribution is -2.25. The van der Waals surface area contributed by atoms with Crippen molar-refractivity contribution in [2.75, 3.05) is 5.32 Å². The highest BCUT2D eigenvalue weighted by molar-refractivity contribution is 7.09. The fraction of sp³-hybridized carbons (Fsp3) is 0.467. The van der Waals surface area contributed by atoms with E-state index in [0.717, 1.165) is 23.8 Å². The number of nitrogens with zero attached hydrogens (tertiary/aromatic N) is 2. The zero-order chi connectivity index (χ0) is 13.5. The number of rotatable bonds is 2. The Bertz CT molecular complexity index is 558. The van der Waals surface area contributed by atoms with Crippen molar-refractivity contribution in [2.45, 2.75) is 45.1 Å². The Kier molecular flexibility index (Phi) is 3.05. The summed E-state index contributed by atoms with van der Waals surface area (Å²) in [6.07, 6.45) is 2.14. The summed E-state index contributed by atoms with van der Waals surface area (Å²) in [4.78, 5) is 4.66. The third-order valence-corrected chi connectivity index (χ3v) is 3.98. The molecule has 3 rings (SSSR count). The van der Waals surface area contributed by atoms with Crippen LogP contribution in [-0.2, 0) is 12.8 Å². The van der Waals surface area contributed by atoms with E-state index in [1.807, 2.05) is 0 Å². The van der Waals surface area contributed by atoms with Gasteiger partial charge in [0.25, 0.3) is 0 Å². The van der Waals surface area contributed by atoms with Gasteiger partial charge in [-0.25, -0.2) is 4.98 Å². The maximum Gasteiger partial charge on any atom is 0.202 e. The Labute approximate surface area is 118 Å². The predicted molar refractivity (Wildman–Crippen MR) is 79.9 cm³/mol. The second-order valence-electron chi connectivity index (χ2n) is 6.21. The third kappa shape index (κ3) is 2.78. The van der Waals surface area contributed by atoms with Crippen molar-refractivity contribution >= 4 is 16.7 Å². The van der Waals surface area contributed by atoms with Gasteiger partial charge < -0.3 is 5.32 Å². The van der Waals surface area contributed by atoms with Crippen molar-refractivity contribution in [1.29, 1.82) is 0 Å². The lowest BCUT2D eigenvalue weighted by molar-refractivity contribution is 0.630. The molecule has 1 N–H and O–H groups in total. The van der Waals surface area contributed by atoms with Gasteiger partial charge in [-0.15, -0.1) is 0 Å². The van der Waals surface area contributed by atoms with Crippen molar-refractivity contribution in [3.05, 3.63) is 41.2 Å². The summed E-state index contributed by atoms with van der Waals surface area (Å²) >= 11 is 1.47. The molecule has 0 bridgehead atoms. The number of fused-ring (bicyclic) bond motifs is 1. The van der Waals surface area contributed by atoms with Crippen molar-refractivity contribution in [2.24, 2.45) is 0 Å². The molecule has 1 aliphatic rings. The van der Waals surface area contributed by atoms with E-state index >= 15 is 0 Å². The molecule has 0 radical (unpaired) electrons. The molecule has 100 valence electrons. The molecule has 0 amide bonds. The molecule has 1 aliphatic carbocycles. The zero-order valence-corrected chi connectivity index (χ0v) is 12.4. The van der Waals surface area contributed by atoms with Crippen molar-refractivity contribution < 1.29 is 0 Å². The Hall–Kier alpha value is -1.42. The highest BCUT2D eigenvalue weighted by Gasteiger charge is 2.26. The Balaban J connectivity index is 1.75. The Morgan fingerprint density at radius 1 is 1.16 bits per heavy atom. The van der Waals surface area contributed by atoms with Crippen LogP contribution in [0.3, 0.4) is 0 Å². The van der Waals surface area contributed by atoms with Crippen LogP contribution in [0.2, 0.25) is 0 Å². The average molecular weight is 273 g/mol. The summed E-state index contributed by atoms with van der Waals surface area (Å²) in [5.41, 5.74) is 2.94. The van der Waals surface area contributed by atoms with Gasteiger partial charge in [0.2, 0.25) is 5.13 Å². The van der Waals surface area contributed by atoms with Crippen LogP contribution in [0.1, 0.15) is 43.6 Å². The zero-order valence-electron chi connectivity index (χ0n) is 11.6. The van der Waals surface area contributed by atoms with Gasteiger partial charge in [-0.2, -0.15) is 4.37 Å². The van der Waals surface area contributed by atoms with Gasteiger partial charge in [0.15, 0.2) is 0 Å². The SMILES string of the molecule is CC(C)(C)Nc1nc(C2Cc3ccccc3C2)ns1. The average Bonchev–Trinajstić information content (AvgIpc) is 2.91. The first-order valence-electron chi connectivity index (χ1n) is 6.70. The summed E-state index contributed by atoms with van der Waals surface area (Å²) in [7, 11) is 0. The largest absolute Gasteiger partial charge is 0.356 e.